The van der Waals surface area contributed by atoms with Crippen LogP contribution in [-0.2, 0) is 21.4 Å². The van der Waals surface area contributed by atoms with Gasteiger partial charge in [-0.15, -0.1) is 0 Å². The zero-order valence-corrected chi connectivity index (χ0v) is 19.2. The van der Waals surface area contributed by atoms with Crippen molar-refractivity contribution in [1.29, 1.82) is 0 Å². The number of carbonyl (C=O) groups is 1. The molecular weight excluding hydrogens is 442 g/mol. The molecule has 0 spiro atoms. The molecule has 0 radical (unpaired) electrons. The summed E-state index contributed by atoms with van der Waals surface area (Å²) in [4.78, 5) is 12.3. The SMILES string of the molecule is COc1ccc(CNS(=O)(=O)c2ccc(/C=C\c3onc(C)c3NC(=O)C3CC3)cc2)cc1. The molecule has 1 heterocycles. The number of anilines is 1. The van der Waals surface area contributed by atoms with Gasteiger partial charge in [-0.2, -0.15) is 0 Å². The van der Waals surface area contributed by atoms with Crippen molar-refractivity contribution in [1.82, 2.24) is 9.88 Å². The molecule has 9 heteroatoms. The fourth-order valence-electron chi connectivity index (χ4n) is 3.16. The molecule has 4 rings (SSSR count). The average Bonchev–Trinajstić information content (AvgIpc) is 3.62. The summed E-state index contributed by atoms with van der Waals surface area (Å²) in [6, 6.07) is 13.7. The van der Waals surface area contributed by atoms with Crippen molar-refractivity contribution >= 4 is 33.8 Å². The highest BCUT2D eigenvalue weighted by Gasteiger charge is 2.30. The van der Waals surface area contributed by atoms with E-state index < -0.39 is 10.0 Å². The molecule has 172 valence electrons. The number of rotatable bonds is 9. The normalized spacial score (nSPS) is 13.9. The summed E-state index contributed by atoms with van der Waals surface area (Å²) >= 11 is 0. The first-order chi connectivity index (χ1) is 15.9. The van der Waals surface area contributed by atoms with Crippen LogP contribution in [0, 0.1) is 12.8 Å². The van der Waals surface area contributed by atoms with Crippen LogP contribution in [-0.4, -0.2) is 26.6 Å². The second kappa shape index (κ2) is 9.60. The lowest BCUT2D eigenvalue weighted by molar-refractivity contribution is -0.117. The van der Waals surface area contributed by atoms with E-state index in [1.807, 2.05) is 12.1 Å². The molecule has 2 aromatic carbocycles. The van der Waals surface area contributed by atoms with Crippen LogP contribution in [0.15, 0.2) is 57.9 Å². The number of benzene rings is 2. The summed E-state index contributed by atoms with van der Waals surface area (Å²) in [6.45, 7) is 1.94. The Hall–Kier alpha value is -3.43. The van der Waals surface area contributed by atoms with E-state index in [0.29, 0.717) is 22.9 Å². The van der Waals surface area contributed by atoms with Crippen LogP contribution < -0.4 is 14.8 Å². The molecule has 1 fully saturated rings. The third-order valence-corrected chi connectivity index (χ3v) is 6.75. The van der Waals surface area contributed by atoms with Crippen molar-refractivity contribution < 1.29 is 22.5 Å². The van der Waals surface area contributed by atoms with Gasteiger partial charge in [0.1, 0.15) is 17.1 Å². The number of ether oxygens (including phenoxy) is 1. The largest absolute Gasteiger partial charge is 0.497 e. The molecule has 0 aliphatic heterocycles. The molecule has 0 atom stereocenters. The summed E-state index contributed by atoms with van der Waals surface area (Å²) in [6.07, 6.45) is 5.29. The number of carbonyl (C=O) groups excluding carboxylic acids is 1. The third kappa shape index (κ3) is 5.68. The van der Waals surface area contributed by atoms with Gasteiger partial charge in [-0.25, -0.2) is 13.1 Å². The Morgan fingerprint density at radius 2 is 1.82 bits per heavy atom. The number of hydrogen-bond donors (Lipinski definition) is 2. The van der Waals surface area contributed by atoms with Crippen molar-refractivity contribution in [2.45, 2.75) is 31.2 Å². The summed E-state index contributed by atoms with van der Waals surface area (Å²) in [7, 11) is -2.08. The fourth-order valence-corrected chi connectivity index (χ4v) is 4.18. The van der Waals surface area contributed by atoms with Crippen molar-refractivity contribution in [3.8, 4) is 5.75 Å². The molecule has 0 bridgehead atoms. The van der Waals surface area contributed by atoms with Gasteiger partial charge in [0.15, 0.2) is 5.76 Å². The van der Waals surface area contributed by atoms with Crippen molar-refractivity contribution in [3.63, 3.8) is 0 Å². The summed E-state index contributed by atoms with van der Waals surface area (Å²) < 4.78 is 38.3. The first kappa shape index (κ1) is 22.8. The van der Waals surface area contributed by atoms with Crippen LogP contribution >= 0.6 is 0 Å². The minimum Gasteiger partial charge on any atom is -0.497 e. The lowest BCUT2D eigenvalue weighted by Gasteiger charge is -2.08. The smallest absolute Gasteiger partial charge is 0.240 e. The molecule has 8 nitrogen and oxygen atoms in total. The Bertz CT molecular complexity index is 1260. The van der Waals surface area contributed by atoms with Crippen LogP contribution in [0.25, 0.3) is 12.2 Å². The number of amides is 1. The summed E-state index contributed by atoms with van der Waals surface area (Å²) in [5, 5.41) is 6.81. The van der Waals surface area contributed by atoms with Crippen molar-refractivity contribution in [3.05, 3.63) is 71.1 Å². The summed E-state index contributed by atoms with van der Waals surface area (Å²) in [5.74, 6) is 1.21. The number of hydrogen-bond acceptors (Lipinski definition) is 6. The van der Waals surface area contributed by atoms with E-state index in [2.05, 4.69) is 15.2 Å². The maximum atomic E-state index is 12.6. The first-order valence-electron chi connectivity index (χ1n) is 10.5. The maximum Gasteiger partial charge on any atom is 0.240 e. The maximum absolute atomic E-state index is 12.6. The van der Waals surface area contributed by atoms with Crippen LogP contribution in [0.1, 0.15) is 35.4 Å². The van der Waals surface area contributed by atoms with Gasteiger partial charge < -0.3 is 14.6 Å². The third-order valence-electron chi connectivity index (χ3n) is 5.33. The number of nitrogens with one attached hydrogen (secondary N) is 2. The highest BCUT2D eigenvalue weighted by molar-refractivity contribution is 7.89. The fraction of sp³-hybridized carbons (Fsp3) is 0.250. The van der Waals surface area contributed by atoms with E-state index in [0.717, 1.165) is 24.0 Å². The molecule has 1 aromatic heterocycles. The van der Waals surface area contributed by atoms with Crippen LogP contribution in [0.3, 0.4) is 0 Å². The van der Waals surface area contributed by atoms with E-state index in [-0.39, 0.29) is 23.3 Å². The highest BCUT2D eigenvalue weighted by Crippen LogP contribution is 2.32. The molecule has 1 amide bonds. The number of aromatic nitrogens is 1. The second-order valence-electron chi connectivity index (χ2n) is 7.85. The molecule has 1 saturated carbocycles. The van der Waals surface area contributed by atoms with Gasteiger partial charge >= 0.3 is 0 Å². The number of nitrogens with zero attached hydrogens (tertiary/aromatic N) is 1. The first-order valence-corrected chi connectivity index (χ1v) is 12.0. The van der Waals surface area contributed by atoms with Gasteiger partial charge in [0.2, 0.25) is 15.9 Å². The molecule has 1 aliphatic rings. The monoisotopic (exact) mass is 467 g/mol. The van der Waals surface area contributed by atoms with Crippen LogP contribution in [0.5, 0.6) is 5.75 Å². The summed E-state index contributed by atoms with van der Waals surface area (Å²) in [5.41, 5.74) is 2.77. The van der Waals surface area contributed by atoms with E-state index in [1.165, 1.54) is 12.1 Å². The van der Waals surface area contributed by atoms with E-state index in [1.54, 1.807) is 50.5 Å². The predicted octanol–water partition coefficient (Wildman–Crippen LogP) is 3.99. The lowest BCUT2D eigenvalue weighted by Crippen LogP contribution is -2.23. The van der Waals surface area contributed by atoms with Gasteiger partial charge in [-0.1, -0.05) is 35.5 Å². The molecule has 2 N–H and O–H groups in total. The molecular formula is C24H25N3O5S. The van der Waals surface area contributed by atoms with Gasteiger partial charge in [-0.3, -0.25) is 4.79 Å². The Morgan fingerprint density at radius 1 is 1.12 bits per heavy atom. The lowest BCUT2D eigenvalue weighted by atomic mass is 10.2. The standard InChI is InChI=1S/C24H25N3O5S/c1-16-23(26-24(28)19-8-9-19)22(32-27-16)14-7-17-5-12-21(13-6-17)33(29,30)25-15-18-3-10-20(31-2)11-4-18/h3-7,10-14,19,25H,8-9,15H2,1-2H3,(H,26,28)/b14-7-. The van der Waals surface area contributed by atoms with Crippen molar-refractivity contribution in [2.75, 3.05) is 12.4 Å². The molecule has 0 saturated heterocycles. The van der Waals surface area contributed by atoms with Crippen molar-refractivity contribution in [2.24, 2.45) is 5.92 Å². The number of aryl methyl sites for hydroxylation is 1. The quantitative estimate of drug-likeness (QED) is 0.492. The van der Waals surface area contributed by atoms with Crippen LogP contribution in [0.2, 0.25) is 0 Å². The van der Waals surface area contributed by atoms with Gasteiger partial charge in [0.25, 0.3) is 0 Å². The molecule has 0 unspecified atom stereocenters. The van der Waals surface area contributed by atoms with E-state index in [4.69, 9.17) is 9.26 Å². The second-order valence-corrected chi connectivity index (χ2v) is 9.61. The van der Waals surface area contributed by atoms with Gasteiger partial charge in [0.05, 0.1) is 12.0 Å². The molecule has 3 aromatic rings. The molecule has 33 heavy (non-hydrogen) atoms. The zero-order chi connectivity index (χ0) is 23.4. The Morgan fingerprint density at radius 3 is 2.45 bits per heavy atom. The Balaban J connectivity index is 1.40. The van der Waals surface area contributed by atoms with Gasteiger partial charge in [-0.05, 0) is 61.2 Å². The topological polar surface area (TPSA) is 111 Å². The van der Waals surface area contributed by atoms with Crippen LogP contribution in [0.4, 0.5) is 5.69 Å². The minimum atomic E-state index is -3.66. The number of sulfonamides is 1. The Kier molecular flexibility index (Phi) is 6.62. The predicted molar refractivity (Wildman–Crippen MR) is 125 cm³/mol. The van der Waals surface area contributed by atoms with E-state index in [9.17, 15) is 13.2 Å². The molecule has 1 aliphatic carbocycles. The highest BCUT2D eigenvalue weighted by atomic mass is 32.2. The van der Waals surface area contributed by atoms with Gasteiger partial charge in [0, 0.05) is 12.5 Å². The zero-order valence-electron chi connectivity index (χ0n) is 18.4. The number of methoxy groups -OCH3 is 1. The Labute approximate surface area is 192 Å². The average molecular weight is 468 g/mol. The minimum absolute atomic E-state index is 0.0207. The van der Waals surface area contributed by atoms with E-state index >= 15 is 0 Å².